The van der Waals surface area contributed by atoms with E-state index in [4.69, 9.17) is 5.73 Å². The molecule has 4 rings (SSSR count). The molecule has 6 nitrogen and oxygen atoms in total. The lowest BCUT2D eigenvalue weighted by atomic mass is 10.1. The zero-order chi connectivity index (χ0) is 17.4. The second-order valence-corrected chi connectivity index (χ2v) is 7.16. The molecule has 2 aliphatic rings. The lowest BCUT2D eigenvalue weighted by Gasteiger charge is -2.35. The molecule has 1 aliphatic carbocycles. The third-order valence-corrected chi connectivity index (χ3v) is 5.46. The van der Waals surface area contributed by atoms with E-state index in [2.05, 4.69) is 4.98 Å². The molecule has 2 unspecified atom stereocenters. The second-order valence-electron chi connectivity index (χ2n) is 7.16. The maximum Gasteiger partial charge on any atom is 0.270 e. The average Bonchev–Trinajstić information content (AvgIpc) is 3.26. The topological polar surface area (TPSA) is 82.4 Å². The molecule has 7 heteroatoms. The highest BCUT2D eigenvalue weighted by molar-refractivity contribution is 5.98. The van der Waals surface area contributed by atoms with Crippen molar-refractivity contribution in [3.05, 3.63) is 36.0 Å². The first-order valence-electron chi connectivity index (χ1n) is 9.03. The summed E-state index contributed by atoms with van der Waals surface area (Å²) in [6.45, 7) is 2.38. The molecule has 0 radical (unpaired) electrons. The number of rotatable bonds is 2. The Labute approximate surface area is 159 Å². The molecule has 0 bridgehead atoms. The SMILES string of the molecule is Cl.NC1CCC(C(=O)N2CCN(C(=O)c3cc4ccccc4[nH]3)CC2)C1. The first kappa shape index (κ1) is 18.7. The number of nitrogens with two attached hydrogens (primary N) is 1. The monoisotopic (exact) mass is 376 g/mol. The number of H-pyrrole nitrogens is 1. The van der Waals surface area contributed by atoms with Crippen molar-refractivity contribution in [2.75, 3.05) is 26.2 Å². The van der Waals surface area contributed by atoms with Crippen molar-refractivity contribution in [2.45, 2.75) is 25.3 Å². The molecule has 2 aromatic rings. The fourth-order valence-corrected chi connectivity index (χ4v) is 3.99. The number of halogens is 1. The normalized spacial score (nSPS) is 23.1. The van der Waals surface area contributed by atoms with Crippen LogP contribution in [0.1, 0.15) is 29.8 Å². The van der Waals surface area contributed by atoms with Gasteiger partial charge in [0, 0.05) is 49.0 Å². The molecule has 1 saturated carbocycles. The van der Waals surface area contributed by atoms with E-state index < -0.39 is 0 Å². The molecule has 1 aliphatic heterocycles. The predicted molar refractivity (Wildman–Crippen MR) is 103 cm³/mol. The van der Waals surface area contributed by atoms with Crippen LogP contribution in [0.2, 0.25) is 0 Å². The van der Waals surface area contributed by atoms with E-state index in [0.717, 1.165) is 30.2 Å². The van der Waals surface area contributed by atoms with E-state index in [-0.39, 0.29) is 36.2 Å². The Bertz CT molecular complexity index is 765. The predicted octanol–water partition coefficient (Wildman–Crippen LogP) is 2.00. The summed E-state index contributed by atoms with van der Waals surface area (Å²) in [5, 5.41) is 1.04. The first-order valence-corrected chi connectivity index (χ1v) is 9.03. The molecule has 2 fully saturated rings. The largest absolute Gasteiger partial charge is 0.351 e. The Kier molecular flexibility index (Phi) is 5.53. The van der Waals surface area contributed by atoms with Crippen LogP contribution in [-0.4, -0.2) is 58.8 Å². The molecule has 2 heterocycles. The Morgan fingerprint density at radius 3 is 2.38 bits per heavy atom. The van der Waals surface area contributed by atoms with Gasteiger partial charge in [0.25, 0.3) is 5.91 Å². The van der Waals surface area contributed by atoms with E-state index in [1.807, 2.05) is 40.1 Å². The van der Waals surface area contributed by atoms with Crippen LogP contribution in [-0.2, 0) is 4.79 Å². The van der Waals surface area contributed by atoms with Crippen LogP contribution < -0.4 is 5.73 Å². The summed E-state index contributed by atoms with van der Waals surface area (Å²) in [4.78, 5) is 32.2. The van der Waals surface area contributed by atoms with Gasteiger partial charge >= 0.3 is 0 Å². The van der Waals surface area contributed by atoms with Gasteiger partial charge in [-0.3, -0.25) is 9.59 Å². The second kappa shape index (κ2) is 7.68. The Morgan fingerprint density at radius 1 is 1.04 bits per heavy atom. The van der Waals surface area contributed by atoms with E-state index in [1.54, 1.807) is 0 Å². The van der Waals surface area contributed by atoms with E-state index in [0.29, 0.717) is 31.9 Å². The van der Waals surface area contributed by atoms with Gasteiger partial charge in [-0.2, -0.15) is 0 Å². The number of aromatic nitrogens is 1. The molecule has 140 valence electrons. The van der Waals surface area contributed by atoms with Gasteiger partial charge in [-0.05, 0) is 31.4 Å². The van der Waals surface area contributed by atoms with Crippen molar-refractivity contribution in [2.24, 2.45) is 11.7 Å². The maximum atomic E-state index is 12.7. The molecular formula is C19H25ClN4O2. The number of nitrogens with one attached hydrogen (secondary N) is 1. The summed E-state index contributed by atoms with van der Waals surface area (Å²) in [7, 11) is 0. The molecule has 1 saturated heterocycles. The smallest absolute Gasteiger partial charge is 0.270 e. The lowest BCUT2D eigenvalue weighted by molar-refractivity contribution is -0.136. The lowest BCUT2D eigenvalue weighted by Crippen LogP contribution is -2.51. The van der Waals surface area contributed by atoms with Gasteiger partial charge in [-0.1, -0.05) is 18.2 Å². The van der Waals surface area contributed by atoms with Crippen molar-refractivity contribution < 1.29 is 9.59 Å². The molecule has 3 N–H and O–H groups in total. The van der Waals surface area contributed by atoms with Crippen LogP contribution in [0, 0.1) is 5.92 Å². The summed E-state index contributed by atoms with van der Waals surface area (Å²) >= 11 is 0. The number of carbonyl (C=O) groups is 2. The number of piperazine rings is 1. The van der Waals surface area contributed by atoms with Gasteiger partial charge in [0.2, 0.25) is 5.91 Å². The highest BCUT2D eigenvalue weighted by Crippen LogP contribution is 2.26. The fraction of sp³-hybridized carbons (Fsp3) is 0.474. The quantitative estimate of drug-likeness (QED) is 0.841. The molecule has 1 aromatic heterocycles. The number of amides is 2. The molecule has 2 amide bonds. The molecule has 1 aromatic carbocycles. The number of carbonyl (C=O) groups excluding carboxylic acids is 2. The minimum absolute atomic E-state index is 0. The number of fused-ring (bicyclic) bond motifs is 1. The minimum atomic E-state index is 0. The standard InChI is InChI=1S/C19H24N4O2.ClH/c20-15-6-5-14(11-15)18(24)22-7-9-23(10-8-22)19(25)17-12-13-3-1-2-4-16(13)21-17;/h1-4,12,14-15,21H,5-11,20H2;1H. The van der Waals surface area contributed by atoms with Crippen LogP contribution in [0.25, 0.3) is 10.9 Å². The highest BCUT2D eigenvalue weighted by Gasteiger charge is 2.33. The maximum absolute atomic E-state index is 12.7. The third kappa shape index (κ3) is 3.57. The zero-order valence-corrected chi connectivity index (χ0v) is 15.5. The summed E-state index contributed by atoms with van der Waals surface area (Å²) in [5.41, 5.74) is 7.51. The number of aromatic amines is 1. The minimum Gasteiger partial charge on any atom is -0.351 e. The van der Waals surface area contributed by atoms with Gasteiger partial charge in [-0.15, -0.1) is 12.4 Å². The summed E-state index contributed by atoms with van der Waals surface area (Å²) in [5.74, 6) is 0.294. The molecular weight excluding hydrogens is 352 g/mol. The van der Waals surface area contributed by atoms with Crippen LogP contribution in [0.3, 0.4) is 0 Å². The van der Waals surface area contributed by atoms with Gasteiger partial charge in [0.15, 0.2) is 0 Å². The number of para-hydroxylation sites is 1. The Hall–Kier alpha value is -2.05. The van der Waals surface area contributed by atoms with Crippen molar-refractivity contribution >= 4 is 35.1 Å². The number of hydrogen-bond donors (Lipinski definition) is 2. The Morgan fingerprint density at radius 2 is 1.73 bits per heavy atom. The summed E-state index contributed by atoms with van der Waals surface area (Å²) in [6.07, 6.45) is 2.64. The van der Waals surface area contributed by atoms with Gasteiger partial charge in [0.1, 0.15) is 5.69 Å². The average molecular weight is 377 g/mol. The van der Waals surface area contributed by atoms with Crippen molar-refractivity contribution in [3.63, 3.8) is 0 Å². The molecule has 26 heavy (non-hydrogen) atoms. The number of benzene rings is 1. The number of hydrogen-bond acceptors (Lipinski definition) is 3. The molecule has 0 spiro atoms. The van der Waals surface area contributed by atoms with Gasteiger partial charge in [-0.25, -0.2) is 0 Å². The van der Waals surface area contributed by atoms with Crippen molar-refractivity contribution in [1.82, 2.24) is 14.8 Å². The van der Waals surface area contributed by atoms with Crippen molar-refractivity contribution in [1.29, 1.82) is 0 Å². The van der Waals surface area contributed by atoms with Crippen LogP contribution in [0.5, 0.6) is 0 Å². The van der Waals surface area contributed by atoms with Gasteiger partial charge in [0.05, 0.1) is 0 Å². The number of nitrogens with zero attached hydrogens (tertiary/aromatic N) is 2. The van der Waals surface area contributed by atoms with E-state index in [9.17, 15) is 9.59 Å². The first-order chi connectivity index (χ1) is 12.1. The van der Waals surface area contributed by atoms with E-state index >= 15 is 0 Å². The molecule has 2 atom stereocenters. The van der Waals surface area contributed by atoms with Crippen molar-refractivity contribution in [3.8, 4) is 0 Å². The van der Waals surface area contributed by atoms with Crippen LogP contribution >= 0.6 is 12.4 Å². The Balaban J connectivity index is 0.00000196. The van der Waals surface area contributed by atoms with Gasteiger partial charge < -0.3 is 20.5 Å². The highest BCUT2D eigenvalue weighted by atomic mass is 35.5. The van der Waals surface area contributed by atoms with E-state index in [1.165, 1.54) is 0 Å². The summed E-state index contributed by atoms with van der Waals surface area (Å²) < 4.78 is 0. The summed E-state index contributed by atoms with van der Waals surface area (Å²) in [6, 6.07) is 9.94. The fourth-order valence-electron chi connectivity index (χ4n) is 3.99. The third-order valence-electron chi connectivity index (χ3n) is 5.46. The van der Waals surface area contributed by atoms with Crippen LogP contribution in [0.15, 0.2) is 30.3 Å². The zero-order valence-electron chi connectivity index (χ0n) is 14.7. The van der Waals surface area contributed by atoms with Crippen LogP contribution in [0.4, 0.5) is 0 Å².